The minimum Gasteiger partial charge on any atom is -0.357 e. The van der Waals surface area contributed by atoms with Crippen LogP contribution in [0, 0.1) is 0 Å². The van der Waals surface area contributed by atoms with E-state index in [4.69, 9.17) is 23.2 Å². The highest BCUT2D eigenvalue weighted by Crippen LogP contribution is 2.28. The summed E-state index contributed by atoms with van der Waals surface area (Å²) in [4.78, 5) is 9.81. The van der Waals surface area contributed by atoms with Gasteiger partial charge in [0.05, 0.1) is 41.4 Å². The van der Waals surface area contributed by atoms with Crippen molar-refractivity contribution in [3.05, 3.63) is 58.6 Å². The van der Waals surface area contributed by atoms with Crippen LogP contribution in [0.1, 0.15) is 12.8 Å². The molecule has 0 saturated carbocycles. The molecular weight excluding hydrogens is 379 g/mol. The molecular formula is C21H26Cl2N4. The zero-order valence-electron chi connectivity index (χ0n) is 15.5. The Labute approximate surface area is 171 Å². The summed E-state index contributed by atoms with van der Waals surface area (Å²) in [6.07, 6.45) is 2.32. The fourth-order valence-electron chi connectivity index (χ4n) is 4.06. The zero-order valence-corrected chi connectivity index (χ0v) is 17.0. The van der Waals surface area contributed by atoms with Crippen molar-refractivity contribution in [2.45, 2.75) is 12.8 Å². The molecule has 0 unspecified atom stereocenters. The maximum atomic E-state index is 6.41. The summed E-state index contributed by atoms with van der Waals surface area (Å²) in [5.74, 6) is 0. The average molecular weight is 405 g/mol. The number of hydrogen-bond acceptors (Lipinski definition) is 4. The van der Waals surface area contributed by atoms with Gasteiger partial charge in [0.15, 0.2) is 0 Å². The van der Waals surface area contributed by atoms with E-state index >= 15 is 0 Å². The molecule has 0 bridgehead atoms. The third kappa shape index (κ3) is 4.52. The molecule has 4 rings (SSSR count). The summed E-state index contributed by atoms with van der Waals surface area (Å²) in [5.41, 5.74) is 2.28. The van der Waals surface area contributed by atoms with Gasteiger partial charge in [-0.15, -0.1) is 0 Å². The summed E-state index contributed by atoms with van der Waals surface area (Å²) in [7, 11) is 0. The van der Waals surface area contributed by atoms with Gasteiger partial charge in [0.2, 0.25) is 0 Å². The first-order valence-corrected chi connectivity index (χ1v) is 10.4. The van der Waals surface area contributed by atoms with E-state index in [1.165, 1.54) is 0 Å². The largest absolute Gasteiger partial charge is 0.357 e. The van der Waals surface area contributed by atoms with Gasteiger partial charge in [-0.2, -0.15) is 0 Å². The Bertz CT molecular complexity index is 706. The number of rotatable bonds is 4. The average Bonchev–Trinajstić information content (AvgIpc) is 2.69. The number of hydrogen-bond donors (Lipinski definition) is 0. The Morgan fingerprint density at radius 1 is 0.630 bits per heavy atom. The van der Waals surface area contributed by atoms with Crippen molar-refractivity contribution >= 4 is 34.6 Å². The molecule has 2 fully saturated rings. The van der Waals surface area contributed by atoms with E-state index in [9.17, 15) is 0 Å². The monoisotopic (exact) mass is 404 g/mol. The summed E-state index contributed by atoms with van der Waals surface area (Å²) < 4.78 is 0. The first-order chi connectivity index (χ1) is 13.2. The smallest absolute Gasteiger partial charge is 0.0717 e. The van der Waals surface area contributed by atoms with E-state index in [2.05, 4.69) is 43.9 Å². The molecule has 0 amide bonds. The Kier molecular flexibility index (Phi) is 6.08. The molecule has 0 radical (unpaired) electrons. The molecule has 2 saturated heterocycles. The lowest BCUT2D eigenvalue weighted by Gasteiger charge is -2.43. The third-order valence-corrected chi connectivity index (χ3v) is 5.97. The summed E-state index contributed by atoms with van der Waals surface area (Å²) in [5, 5.41) is 1.67. The number of anilines is 2. The molecule has 0 aromatic heterocycles. The van der Waals surface area contributed by atoms with Gasteiger partial charge in [-0.1, -0.05) is 47.5 Å². The van der Waals surface area contributed by atoms with Crippen molar-refractivity contribution in [1.82, 2.24) is 9.80 Å². The number of para-hydroxylation sites is 2. The fourth-order valence-corrected chi connectivity index (χ4v) is 4.57. The van der Waals surface area contributed by atoms with Crippen LogP contribution < -0.4 is 9.80 Å². The van der Waals surface area contributed by atoms with Gasteiger partial charge >= 0.3 is 0 Å². The van der Waals surface area contributed by atoms with Gasteiger partial charge in [0.25, 0.3) is 0 Å². The maximum Gasteiger partial charge on any atom is 0.0717 e. The standard InChI is InChI=1S/C21H26Cl2N4/c22-18-7-1-3-9-20(18)26-13-5-11-24(16-26)15-25-12-6-14-27(17-25)21-10-4-2-8-19(21)23/h1-4,7-10H,5-6,11-17H2. The Hall–Kier alpha value is -1.46. The maximum absolute atomic E-state index is 6.41. The van der Waals surface area contributed by atoms with Gasteiger partial charge < -0.3 is 9.80 Å². The predicted octanol–water partition coefficient (Wildman–Crippen LogP) is 4.59. The van der Waals surface area contributed by atoms with Crippen LogP contribution >= 0.6 is 23.2 Å². The van der Waals surface area contributed by atoms with E-state index in [1.807, 2.05) is 24.3 Å². The lowest BCUT2D eigenvalue weighted by atomic mass is 10.2. The highest BCUT2D eigenvalue weighted by Gasteiger charge is 2.24. The minimum atomic E-state index is 0.835. The van der Waals surface area contributed by atoms with E-state index in [-0.39, 0.29) is 0 Å². The second-order valence-corrected chi connectivity index (χ2v) is 8.16. The quantitative estimate of drug-likeness (QED) is 0.738. The minimum absolute atomic E-state index is 0.835. The lowest BCUT2D eigenvalue weighted by Crippen LogP contribution is -2.53. The van der Waals surface area contributed by atoms with Crippen LogP contribution in [0.3, 0.4) is 0 Å². The van der Waals surface area contributed by atoms with Gasteiger partial charge in [0.1, 0.15) is 0 Å². The molecule has 2 aliphatic rings. The molecule has 0 spiro atoms. The van der Waals surface area contributed by atoms with Gasteiger partial charge in [-0.3, -0.25) is 9.80 Å². The topological polar surface area (TPSA) is 13.0 Å². The van der Waals surface area contributed by atoms with E-state index in [1.54, 1.807) is 0 Å². The Morgan fingerprint density at radius 3 is 1.52 bits per heavy atom. The van der Waals surface area contributed by atoms with Crippen molar-refractivity contribution in [2.24, 2.45) is 0 Å². The number of halogens is 2. The van der Waals surface area contributed by atoms with Crippen molar-refractivity contribution in [3.8, 4) is 0 Å². The van der Waals surface area contributed by atoms with Gasteiger partial charge in [-0.05, 0) is 37.1 Å². The van der Waals surface area contributed by atoms with Crippen molar-refractivity contribution in [2.75, 3.05) is 56.0 Å². The highest BCUT2D eigenvalue weighted by atomic mass is 35.5. The van der Waals surface area contributed by atoms with Crippen LogP contribution in [0.15, 0.2) is 48.5 Å². The van der Waals surface area contributed by atoms with Crippen LogP contribution in [0.2, 0.25) is 10.0 Å². The van der Waals surface area contributed by atoms with E-state index in [0.29, 0.717) is 0 Å². The van der Waals surface area contributed by atoms with Crippen molar-refractivity contribution in [1.29, 1.82) is 0 Å². The molecule has 4 nitrogen and oxygen atoms in total. The summed E-state index contributed by atoms with van der Waals surface area (Å²) in [6.45, 7) is 7.20. The number of benzene rings is 2. The van der Waals surface area contributed by atoms with Crippen molar-refractivity contribution < 1.29 is 0 Å². The molecule has 2 heterocycles. The first kappa shape index (κ1) is 18.9. The summed E-state index contributed by atoms with van der Waals surface area (Å²) in [6, 6.07) is 16.3. The zero-order chi connectivity index (χ0) is 18.6. The molecule has 2 aromatic carbocycles. The van der Waals surface area contributed by atoms with Crippen LogP contribution in [0.5, 0.6) is 0 Å². The second kappa shape index (κ2) is 8.70. The Balaban J connectivity index is 1.38. The molecule has 6 heteroatoms. The SMILES string of the molecule is Clc1ccccc1N1CCCN(CN2CCCN(c3ccccc3Cl)C2)C1. The molecule has 0 N–H and O–H groups in total. The van der Waals surface area contributed by atoms with Gasteiger partial charge in [-0.25, -0.2) is 0 Å². The second-order valence-electron chi connectivity index (χ2n) is 7.35. The molecule has 27 heavy (non-hydrogen) atoms. The van der Waals surface area contributed by atoms with Crippen LogP contribution in [0.4, 0.5) is 11.4 Å². The van der Waals surface area contributed by atoms with Crippen LogP contribution in [-0.4, -0.2) is 56.0 Å². The molecule has 0 atom stereocenters. The van der Waals surface area contributed by atoms with Gasteiger partial charge in [0, 0.05) is 26.2 Å². The normalized spacial score (nSPS) is 19.5. The van der Waals surface area contributed by atoms with E-state index < -0.39 is 0 Å². The molecule has 2 aliphatic heterocycles. The Morgan fingerprint density at radius 2 is 1.07 bits per heavy atom. The fraction of sp³-hybridized carbons (Fsp3) is 0.429. The first-order valence-electron chi connectivity index (χ1n) is 9.64. The van der Waals surface area contributed by atoms with Crippen molar-refractivity contribution in [3.63, 3.8) is 0 Å². The molecule has 2 aromatic rings. The van der Waals surface area contributed by atoms with Crippen LogP contribution in [-0.2, 0) is 0 Å². The predicted molar refractivity (Wildman–Crippen MR) is 115 cm³/mol. The highest BCUT2D eigenvalue weighted by molar-refractivity contribution is 6.33. The lowest BCUT2D eigenvalue weighted by molar-refractivity contribution is 0.107. The molecule has 144 valence electrons. The van der Waals surface area contributed by atoms with Crippen LogP contribution in [0.25, 0.3) is 0 Å². The third-order valence-electron chi connectivity index (χ3n) is 5.33. The van der Waals surface area contributed by atoms with E-state index in [0.717, 1.165) is 80.4 Å². The number of nitrogens with zero attached hydrogens (tertiary/aromatic N) is 4. The molecule has 0 aliphatic carbocycles. The summed E-state index contributed by atoms with van der Waals surface area (Å²) >= 11 is 12.8.